The summed E-state index contributed by atoms with van der Waals surface area (Å²) in [5.41, 5.74) is 1.62. The third kappa shape index (κ3) is 2.85. The van der Waals surface area contributed by atoms with Gasteiger partial charge in [0.05, 0.1) is 25.5 Å². The van der Waals surface area contributed by atoms with Crippen LogP contribution >= 0.6 is 0 Å². The minimum absolute atomic E-state index is 0.0399. The third-order valence-electron chi connectivity index (χ3n) is 5.23. The van der Waals surface area contributed by atoms with E-state index in [1.807, 2.05) is 6.07 Å². The average molecular weight is 382 g/mol. The van der Waals surface area contributed by atoms with E-state index in [1.54, 1.807) is 22.8 Å². The molecular weight excluding hydrogens is 363 g/mol. The average Bonchev–Trinajstić information content (AvgIpc) is 3.34. The van der Waals surface area contributed by atoms with Gasteiger partial charge in [0.15, 0.2) is 5.65 Å². The van der Waals surface area contributed by atoms with E-state index < -0.39 is 5.97 Å². The highest BCUT2D eigenvalue weighted by atomic mass is 19.1. The lowest BCUT2D eigenvalue weighted by molar-refractivity contribution is 0.0487. The summed E-state index contributed by atoms with van der Waals surface area (Å²) < 4.78 is 26.8. The van der Waals surface area contributed by atoms with Crippen LogP contribution in [0.3, 0.4) is 0 Å². The summed E-state index contributed by atoms with van der Waals surface area (Å²) in [5.74, 6) is 0.646. The van der Waals surface area contributed by atoms with Crippen molar-refractivity contribution in [1.29, 1.82) is 0 Å². The highest BCUT2D eigenvalue weighted by Crippen LogP contribution is 2.40. The van der Waals surface area contributed by atoms with E-state index in [2.05, 4.69) is 15.0 Å². The number of ether oxygens (including phenoxy) is 2. The van der Waals surface area contributed by atoms with Crippen molar-refractivity contribution < 1.29 is 18.7 Å². The van der Waals surface area contributed by atoms with E-state index in [-0.39, 0.29) is 18.5 Å². The van der Waals surface area contributed by atoms with Gasteiger partial charge in [-0.15, -0.1) is 0 Å². The lowest BCUT2D eigenvalue weighted by Gasteiger charge is -2.28. The molecule has 1 aromatic carbocycles. The second-order valence-electron chi connectivity index (χ2n) is 6.98. The fourth-order valence-electron chi connectivity index (χ4n) is 3.92. The first-order valence-electron chi connectivity index (χ1n) is 9.41. The van der Waals surface area contributed by atoms with E-state index in [9.17, 15) is 9.18 Å². The maximum absolute atomic E-state index is 14.0. The van der Waals surface area contributed by atoms with Gasteiger partial charge in [-0.2, -0.15) is 5.10 Å². The molecule has 2 bridgehead atoms. The highest BCUT2D eigenvalue weighted by molar-refractivity contribution is 5.95. The molecule has 2 aliphatic rings. The van der Waals surface area contributed by atoms with E-state index in [0.29, 0.717) is 30.0 Å². The van der Waals surface area contributed by atoms with Crippen molar-refractivity contribution in [2.24, 2.45) is 0 Å². The van der Waals surface area contributed by atoms with Crippen LogP contribution in [0.25, 0.3) is 5.65 Å². The number of hydrogen-bond donors (Lipinski definition) is 0. The molecule has 1 saturated heterocycles. The first-order chi connectivity index (χ1) is 13.7. The maximum Gasteiger partial charge on any atom is 0.343 e. The monoisotopic (exact) mass is 382 g/mol. The maximum atomic E-state index is 14.0. The molecular formula is C20H19FN4O3. The molecule has 28 heavy (non-hydrogen) atoms. The van der Waals surface area contributed by atoms with Gasteiger partial charge in [0.25, 0.3) is 0 Å². The standard InChI is InChI=1S/C20H19FN4O3/c21-13-4-5-17-14(11-13)16-3-1-7-24(16)18-6-8-25-19(23-18)15(12-22-25)20(26)28-10-2-9-27-17/h4-6,8,11-12,16H,1-3,7,9-10H2. The van der Waals surface area contributed by atoms with Crippen molar-refractivity contribution in [3.05, 3.63) is 53.6 Å². The molecule has 2 aromatic heterocycles. The largest absolute Gasteiger partial charge is 0.493 e. The van der Waals surface area contributed by atoms with E-state index in [1.165, 1.54) is 12.3 Å². The van der Waals surface area contributed by atoms with Crippen LogP contribution in [0.5, 0.6) is 5.75 Å². The minimum atomic E-state index is -0.447. The Hall–Kier alpha value is -3.16. The van der Waals surface area contributed by atoms with Crippen molar-refractivity contribution in [2.75, 3.05) is 24.7 Å². The van der Waals surface area contributed by atoms with E-state index in [4.69, 9.17) is 9.47 Å². The van der Waals surface area contributed by atoms with Gasteiger partial charge >= 0.3 is 5.97 Å². The Morgan fingerprint density at radius 3 is 2.96 bits per heavy atom. The number of esters is 1. The molecule has 0 N–H and O–H groups in total. The van der Waals surface area contributed by atoms with Crippen molar-refractivity contribution in [3.8, 4) is 5.75 Å². The summed E-state index contributed by atoms with van der Waals surface area (Å²) in [5, 5.41) is 4.20. The molecule has 0 amide bonds. The molecule has 2 aliphatic heterocycles. The molecule has 0 radical (unpaired) electrons. The Labute approximate surface area is 160 Å². The smallest absolute Gasteiger partial charge is 0.343 e. The van der Waals surface area contributed by atoms with Crippen molar-refractivity contribution in [2.45, 2.75) is 25.3 Å². The quantitative estimate of drug-likeness (QED) is 0.557. The predicted octanol–water partition coefficient (Wildman–Crippen LogP) is 3.15. The predicted molar refractivity (Wildman–Crippen MR) is 99.1 cm³/mol. The first kappa shape index (κ1) is 17.0. The van der Waals surface area contributed by atoms with Gasteiger partial charge in [-0.3, -0.25) is 0 Å². The lowest BCUT2D eigenvalue weighted by Crippen LogP contribution is -2.25. The number of rotatable bonds is 0. The van der Waals surface area contributed by atoms with Crippen LogP contribution in [0.1, 0.15) is 41.2 Å². The van der Waals surface area contributed by atoms with Crippen LogP contribution in [0, 0.1) is 5.82 Å². The number of anilines is 1. The number of fused-ring (bicyclic) bond motifs is 5. The molecule has 4 heterocycles. The number of aromatic nitrogens is 3. The first-order valence-corrected chi connectivity index (χ1v) is 9.41. The Morgan fingerprint density at radius 1 is 1.14 bits per heavy atom. The van der Waals surface area contributed by atoms with Crippen LogP contribution in [-0.4, -0.2) is 40.3 Å². The summed E-state index contributed by atoms with van der Waals surface area (Å²) in [6.45, 7) is 1.39. The topological polar surface area (TPSA) is 69.0 Å². The van der Waals surface area contributed by atoms with E-state index >= 15 is 0 Å². The fraction of sp³-hybridized carbons (Fsp3) is 0.350. The van der Waals surface area contributed by atoms with Crippen LogP contribution in [0.15, 0.2) is 36.7 Å². The van der Waals surface area contributed by atoms with Gasteiger partial charge in [0.2, 0.25) is 0 Å². The van der Waals surface area contributed by atoms with Crippen LogP contribution in [-0.2, 0) is 4.74 Å². The Bertz CT molecular complexity index is 1050. The molecule has 0 aliphatic carbocycles. The summed E-state index contributed by atoms with van der Waals surface area (Å²) >= 11 is 0. The Balaban J connectivity index is 1.65. The zero-order chi connectivity index (χ0) is 19.1. The Kier molecular flexibility index (Phi) is 4.11. The number of cyclic esters (lactones) is 1. The molecule has 1 unspecified atom stereocenters. The van der Waals surface area contributed by atoms with Crippen LogP contribution in [0.2, 0.25) is 0 Å². The summed E-state index contributed by atoms with van der Waals surface area (Å²) in [4.78, 5) is 19.2. The summed E-state index contributed by atoms with van der Waals surface area (Å²) in [6, 6.07) is 6.45. The summed E-state index contributed by atoms with van der Waals surface area (Å²) in [6.07, 6.45) is 5.62. The number of hydrogen-bond acceptors (Lipinski definition) is 6. The highest BCUT2D eigenvalue weighted by Gasteiger charge is 2.30. The van der Waals surface area contributed by atoms with Crippen molar-refractivity contribution in [1.82, 2.24) is 14.6 Å². The van der Waals surface area contributed by atoms with Gasteiger partial charge in [-0.1, -0.05) is 0 Å². The molecule has 0 saturated carbocycles. The molecule has 0 spiro atoms. The normalized spacial score (nSPS) is 19.7. The Morgan fingerprint density at radius 2 is 2.04 bits per heavy atom. The molecule has 3 aromatic rings. The molecule has 8 heteroatoms. The number of halogens is 1. The number of carbonyl (C=O) groups is 1. The number of benzene rings is 1. The van der Waals surface area contributed by atoms with Gasteiger partial charge in [0, 0.05) is 24.7 Å². The molecule has 1 fully saturated rings. The second-order valence-corrected chi connectivity index (χ2v) is 6.98. The zero-order valence-electron chi connectivity index (χ0n) is 15.2. The third-order valence-corrected chi connectivity index (χ3v) is 5.23. The molecule has 1 atom stereocenters. The zero-order valence-corrected chi connectivity index (χ0v) is 15.2. The second kappa shape index (κ2) is 6.78. The molecule has 5 rings (SSSR count). The minimum Gasteiger partial charge on any atom is -0.493 e. The number of nitrogens with zero attached hydrogens (tertiary/aromatic N) is 4. The van der Waals surface area contributed by atoms with Gasteiger partial charge in [-0.05, 0) is 37.1 Å². The van der Waals surface area contributed by atoms with Crippen molar-refractivity contribution >= 4 is 17.4 Å². The van der Waals surface area contributed by atoms with Crippen molar-refractivity contribution in [3.63, 3.8) is 0 Å². The van der Waals surface area contributed by atoms with Crippen LogP contribution < -0.4 is 9.64 Å². The lowest BCUT2D eigenvalue weighted by atomic mass is 10.0. The fourth-order valence-corrected chi connectivity index (χ4v) is 3.92. The van der Waals surface area contributed by atoms with E-state index in [0.717, 1.165) is 30.8 Å². The summed E-state index contributed by atoms with van der Waals surface area (Å²) in [7, 11) is 0. The number of carbonyl (C=O) groups excluding carboxylic acids is 1. The molecule has 144 valence electrons. The molecule has 7 nitrogen and oxygen atoms in total. The van der Waals surface area contributed by atoms with Gasteiger partial charge < -0.3 is 14.4 Å². The van der Waals surface area contributed by atoms with Crippen LogP contribution in [0.4, 0.5) is 10.2 Å². The SMILES string of the molecule is O=C1OCCCOc2ccc(F)cc2C2CCCN2c2ccn3ncc1c3n2. The van der Waals surface area contributed by atoms with Gasteiger partial charge in [0.1, 0.15) is 22.9 Å². The van der Waals surface area contributed by atoms with Gasteiger partial charge in [-0.25, -0.2) is 18.7 Å².